The fraction of sp³-hybridized carbons (Fsp3) is 0.360. The molecule has 1 aliphatic rings. The summed E-state index contributed by atoms with van der Waals surface area (Å²) in [5, 5.41) is 3.82. The average molecular weight is 441 g/mol. The summed E-state index contributed by atoms with van der Waals surface area (Å²) in [6, 6.07) is 17.9. The number of pyridine rings is 1. The molecule has 4 nitrogen and oxygen atoms in total. The SMILES string of the molecule is CN(c1cc(C(F)(F)F)nc2ccccc12)[C@H]1CC[C@@H](NC(=O)Cc2ccccc2)CC1. The van der Waals surface area contributed by atoms with E-state index in [1.165, 1.54) is 0 Å². The number of carbonyl (C=O) groups excluding carboxylic acids is 1. The van der Waals surface area contributed by atoms with Crippen LogP contribution in [0.1, 0.15) is 36.9 Å². The molecule has 0 radical (unpaired) electrons. The zero-order valence-corrected chi connectivity index (χ0v) is 17.9. The Hall–Kier alpha value is -3.09. The van der Waals surface area contributed by atoms with Crippen molar-refractivity contribution in [1.29, 1.82) is 0 Å². The first-order chi connectivity index (χ1) is 15.3. The molecule has 1 aliphatic carbocycles. The maximum atomic E-state index is 13.4. The second-order valence-electron chi connectivity index (χ2n) is 8.39. The van der Waals surface area contributed by atoms with Crippen LogP contribution < -0.4 is 10.2 Å². The standard InChI is InChI=1S/C25H26F3N3O/c1-31(22-16-23(25(26,27)28)30-21-10-6-5-9-20(21)22)19-13-11-18(12-14-19)29-24(32)15-17-7-3-2-4-8-17/h2-10,16,18-19H,11-15H2,1H3,(H,29,32)/t18-,19+. The van der Waals surface area contributed by atoms with Gasteiger partial charge in [-0.25, -0.2) is 4.98 Å². The first-order valence-corrected chi connectivity index (χ1v) is 10.8. The lowest BCUT2D eigenvalue weighted by Crippen LogP contribution is -2.43. The molecular formula is C25H26F3N3O. The zero-order chi connectivity index (χ0) is 22.7. The highest BCUT2D eigenvalue weighted by atomic mass is 19.4. The first-order valence-electron chi connectivity index (χ1n) is 10.8. The van der Waals surface area contributed by atoms with E-state index in [0.717, 1.165) is 37.3 Å². The van der Waals surface area contributed by atoms with E-state index in [4.69, 9.17) is 0 Å². The van der Waals surface area contributed by atoms with Gasteiger partial charge in [0.2, 0.25) is 5.91 Å². The van der Waals surface area contributed by atoms with Crippen molar-refractivity contribution >= 4 is 22.5 Å². The monoisotopic (exact) mass is 441 g/mol. The number of nitrogens with one attached hydrogen (secondary N) is 1. The molecule has 1 heterocycles. The van der Waals surface area contributed by atoms with Crippen LogP contribution in [0.25, 0.3) is 10.9 Å². The molecule has 1 saturated carbocycles. The Morgan fingerprint density at radius 2 is 1.69 bits per heavy atom. The number of amides is 1. The summed E-state index contributed by atoms with van der Waals surface area (Å²) < 4.78 is 40.2. The summed E-state index contributed by atoms with van der Waals surface area (Å²) in [4.78, 5) is 18.1. The van der Waals surface area contributed by atoms with Gasteiger partial charge in [-0.1, -0.05) is 48.5 Å². The molecule has 4 rings (SSSR count). The molecule has 1 amide bonds. The summed E-state index contributed by atoms with van der Waals surface area (Å²) in [7, 11) is 1.85. The quantitative estimate of drug-likeness (QED) is 0.580. The smallest absolute Gasteiger partial charge is 0.371 e. The molecule has 0 bridgehead atoms. The predicted molar refractivity (Wildman–Crippen MR) is 119 cm³/mol. The molecule has 32 heavy (non-hydrogen) atoms. The Kier molecular flexibility index (Phi) is 6.35. The van der Waals surface area contributed by atoms with Crippen molar-refractivity contribution in [3.63, 3.8) is 0 Å². The fourth-order valence-corrected chi connectivity index (χ4v) is 4.46. The van der Waals surface area contributed by atoms with Crippen LogP contribution in [0.2, 0.25) is 0 Å². The number of fused-ring (bicyclic) bond motifs is 1. The number of alkyl halides is 3. The van der Waals surface area contributed by atoms with Crippen LogP contribution >= 0.6 is 0 Å². The normalized spacial score (nSPS) is 19.0. The number of benzene rings is 2. The summed E-state index contributed by atoms with van der Waals surface area (Å²) >= 11 is 0. The summed E-state index contributed by atoms with van der Waals surface area (Å²) in [5.41, 5.74) is 0.980. The third-order valence-electron chi connectivity index (χ3n) is 6.18. The third kappa shape index (κ3) is 5.03. The minimum Gasteiger partial charge on any atom is -0.371 e. The van der Waals surface area contributed by atoms with Crippen LogP contribution in [0.5, 0.6) is 0 Å². The molecule has 0 saturated heterocycles. The Morgan fingerprint density at radius 1 is 1.03 bits per heavy atom. The van der Waals surface area contributed by atoms with E-state index in [9.17, 15) is 18.0 Å². The van der Waals surface area contributed by atoms with Gasteiger partial charge in [0.1, 0.15) is 5.69 Å². The number of anilines is 1. The van der Waals surface area contributed by atoms with Crippen LogP contribution in [0.15, 0.2) is 60.7 Å². The minimum atomic E-state index is -4.50. The van der Waals surface area contributed by atoms with Crippen molar-refractivity contribution in [2.75, 3.05) is 11.9 Å². The molecule has 1 aromatic heterocycles. The van der Waals surface area contributed by atoms with Gasteiger partial charge in [-0.2, -0.15) is 13.2 Å². The minimum absolute atomic E-state index is 0.00273. The number of rotatable bonds is 5. The molecule has 0 spiro atoms. The van der Waals surface area contributed by atoms with E-state index < -0.39 is 11.9 Å². The summed E-state index contributed by atoms with van der Waals surface area (Å²) in [6.07, 6.45) is -0.963. The Morgan fingerprint density at radius 3 is 2.38 bits per heavy atom. The lowest BCUT2D eigenvalue weighted by molar-refractivity contribution is -0.140. The van der Waals surface area contributed by atoms with E-state index in [1.807, 2.05) is 54.4 Å². The van der Waals surface area contributed by atoms with Crippen LogP contribution in [0, 0.1) is 0 Å². The van der Waals surface area contributed by atoms with Gasteiger partial charge < -0.3 is 10.2 Å². The van der Waals surface area contributed by atoms with Crippen molar-refractivity contribution < 1.29 is 18.0 Å². The van der Waals surface area contributed by atoms with Crippen molar-refractivity contribution in [1.82, 2.24) is 10.3 Å². The number of hydrogen-bond donors (Lipinski definition) is 1. The van der Waals surface area contributed by atoms with Gasteiger partial charge in [-0.15, -0.1) is 0 Å². The molecule has 0 aliphatic heterocycles. The average Bonchev–Trinajstić information content (AvgIpc) is 2.78. The maximum Gasteiger partial charge on any atom is 0.433 e. The van der Waals surface area contributed by atoms with E-state index in [0.29, 0.717) is 23.0 Å². The Bertz CT molecular complexity index is 1080. The number of halogens is 3. The predicted octanol–water partition coefficient (Wildman–Crippen LogP) is 5.36. The zero-order valence-electron chi connectivity index (χ0n) is 17.9. The highest BCUT2D eigenvalue weighted by Gasteiger charge is 2.34. The van der Waals surface area contributed by atoms with Gasteiger partial charge in [-0.3, -0.25) is 4.79 Å². The van der Waals surface area contributed by atoms with Gasteiger partial charge in [0.25, 0.3) is 0 Å². The number of hydrogen-bond acceptors (Lipinski definition) is 3. The van der Waals surface area contributed by atoms with Gasteiger partial charge in [0.15, 0.2) is 0 Å². The maximum absolute atomic E-state index is 13.4. The number of nitrogens with zero attached hydrogens (tertiary/aromatic N) is 2. The molecule has 7 heteroatoms. The van der Waals surface area contributed by atoms with Crippen LogP contribution in [0.3, 0.4) is 0 Å². The van der Waals surface area contributed by atoms with Crippen LogP contribution in [-0.2, 0) is 17.4 Å². The molecule has 3 aromatic rings. The molecule has 0 atom stereocenters. The molecular weight excluding hydrogens is 415 g/mol. The van der Waals surface area contributed by atoms with Crippen LogP contribution in [-0.4, -0.2) is 30.0 Å². The van der Waals surface area contributed by atoms with Crippen molar-refractivity contribution in [3.8, 4) is 0 Å². The summed E-state index contributed by atoms with van der Waals surface area (Å²) in [5.74, 6) is 0.00273. The summed E-state index contributed by atoms with van der Waals surface area (Å²) in [6.45, 7) is 0. The van der Waals surface area contributed by atoms with E-state index >= 15 is 0 Å². The number of aromatic nitrogens is 1. The van der Waals surface area contributed by atoms with Crippen molar-refractivity contribution in [3.05, 3.63) is 71.9 Å². The van der Waals surface area contributed by atoms with Gasteiger partial charge in [-0.05, 0) is 43.4 Å². The van der Waals surface area contributed by atoms with E-state index in [1.54, 1.807) is 12.1 Å². The topological polar surface area (TPSA) is 45.2 Å². The fourth-order valence-electron chi connectivity index (χ4n) is 4.46. The second-order valence-corrected chi connectivity index (χ2v) is 8.39. The lowest BCUT2D eigenvalue weighted by atomic mass is 9.89. The molecule has 1 fully saturated rings. The highest BCUT2D eigenvalue weighted by molar-refractivity contribution is 5.92. The Labute approximate surface area is 185 Å². The van der Waals surface area contributed by atoms with E-state index in [2.05, 4.69) is 10.3 Å². The van der Waals surface area contributed by atoms with Crippen molar-refractivity contribution in [2.45, 2.75) is 50.4 Å². The van der Waals surface area contributed by atoms with Gasteiger partial charge >= 0.3 is 6.18 Å². The third-order valence-corrected chi connectivity index (χ3v) is 6.18. The highest BCUT2D eigenvalue weighted by Crippen LogP contribution is 2.36. The van der Waals surface area contributed by atoms with Gasteiger partial charge in [0, 0.05) is 30.2 Å². The largest absolute Gasteiger partial charge is 0.433 e. The van der Waals surface area contributed by atoms with Crippen LogP contribution in [0.4, 0.5) is 18.9 Å². The number of carbonyl (C=O) groups is 1. The first kappa shape index (κ1) is 22.1. The van der Waals surface area contributed by atoms with E-state index in [-0.39, 0.29) is 18.0 Å². The molecule has 0 unspecified atom stereocenters. The van der Waals surface area contributed by atoms with Gasteiger partial charge in [0.05, 0.1) is 11.9 Å². The lowest BCUT2D eigenvalue weighted by Gasteiger charge is -2.37. The molecule has 2 aromatic carbocycles. The second kappa shape index (κ2) is 9.18. The Balaban J connectivity index is 1.43. The molecule has 168 valence electrons. The number of para-hydroxylation sites is 1. The van der Waals surface area contributed by atoms with Crippen molar-refractivity contribution in [2.24, 2.45) is 0 Å². The molecule has 1 N–H and O–H groups in total.